The SMILES string of the molecule is C=CCOC(=O)Nc1cc(C(=O)N2CCC[C@H]2CO[Si](C)(C)C(C)(C)C)c(OC)cc1CCCCCOOc1cc(OC)c(C(=O)N2CCC[C@H]2CO[Si](C)(C)C(C)(C)C)cc1NC(=O)OCC=C. The average Bonchev–Trinajstić information content (AvgIpc) is 3.98. The number of nitrogens with zero attached hydrogens (tertiary/aromatic N) is 2. The number of nitrogens with one attached hydrogen (secondary N) is 2. The van der Waals surface area contributed by atoms with Crippen LogP contribution < -0.4 is 25.0 Å². The zero-order chi connectivity index (χ0) is 51.2. The highest BCUT2D eigenvalue weighted by molar-refractivity contribution is 6.74. The molecule has 4 amide bonds. The number of ether oxygens (including phenoxy) is 4. The molecular formula is C51H80N4O12Si2. The predicted octanol–water partition coefficient (Wildman–Crippen LogP) is 11.1. The first kappa shape index (κ1) is 56.7. The molecule has 0 spiro atoms. The maximum absolute atomic E-state index is 14.2. The van der Waals surface area contributed by atoms with Gasteiger partial charge in [0.1, 0.15) is 24.7 Å². The number of hydrogen-bond acceptors (Lipinski definition) is 12. The van der Waals surface area contributed by atoms with Gasteiger partial charge in [-0.3, -0.25) is 20.2 Å². The predicted molar refractivity (Wildman–Crippen MR) is 275 cm³/mol. The zero-order valence-electron chi connectivity index (χ0n) is 43.4. The molecule has 2 aliphatic rings. The molecule has 2 aromatic carbocycles. The van der Waals surface area contributed by atoms with Gasteiger partial charge in [0.05, 0.1) is 62.9 Å². The highest BCUT2D eigenvalue weighted by Gasteiger charge is 2.41. The Morgan fingerprint density at radius 1 is 0.667 bits per heavy atom. The molecule has 18 heteroatoms. The van der Waals surface area contributed by atoms with Crippen molar-refractivity contribution in [3.8, 4) is 17.2 Å². The summed E-state index contributed by atoms with van der Waals surface area (Å²) in [7, 11) is -1.10. The van der Waals surface area contributed by atoms with Gasteiger partial charge >= 0.3 is 12.2 Å². The van der Waals surface area contributed by atoms with Crippen LogP contribution in [-0.4, -0.2) is 123 Å². The molecule has 2 aromatic rings. The fourth-order valence-corrected chi connectivity index (χ4v) is 9.65. The maximum atomic E-state index is 14.2. The van der Waals surface area contributed by atoms with Crippen molar-refractivity contribution >= 4 is 52.0 Å². The fraction of sp³-hybridized carbons (Fsp3) is 0.608. The molecule has 2 fully saturated rings. The van der Waals surface area contributed by atoms with Crippen molar-refractivity contribution < 1.29 is 56.8 Å². The topological polar surface area (TPSA) is 173 Å². The Morgan fingerprint density at radius 3 is 1.59 bits per heavy atom. The van der Waals surface area contributed by atoms with Crippen LogP contribution in [0.5, 0.6) is 17.2 Å². The summed E-state index contributed by atoms with van der Waals surface area (Å²) in [5.41, 5.74) is 1.95. The summed E-state index contributed by atoms with van der Waals surface area (Å²) in [5, 5.41) is 5.58. The van der Waals surface area contributed by atoms with Gasteiger partial charge in [-0.1, -0.05) is 73.3 Å². The van der Waals surface area contributed by atoms with Gasteiger partial charge in [0.2, 0.25) is 0 Å². The molecular weight excluding hydrogens is 917 g/mol. The minimum atomic E-state index is -2.06. The Labute approximate surface area is 412 Å². The van der Waals surface area contributed by atoms with Crippen LogP contribution in [0.4, 0.5) is 21.0 Å². The van der Waals surface area contributed by atoms with E-state index in [9.17, 15) is 19.2 Å². The second-order valence-corrected chi connectivity index (χ2v) is 30.3. The van der Waals surface area contributed by atoms with Gasteiger partial charge in [-0.15, -0.1) is 0 Å². The molecule has 0 aromatic heterocycles. The molecule has 0 bridgehead atoms. The van der Waals surface area contributed by atoms with Crippen LogP contribution in [0.1, 0.15) is 113 Å². The normalized spacial score (nSPS) is 16.5. The van der Waals surface area contributed by atoms with Crippen molar-refractivity contribution in [3.63, 3.8) is 0 Å². The van der Waals surface area contributed by atoms with Crippen molar-refractivity contribution in [2.75, 3.05) is 71.0 Å². The molecule has 0 aliphatic carbocycles. The van der Waals surface area contributed by atoms with Crippen molar-refractivity contribution in [2.45, 2.75) is 141 Å². The number of likely N-dealkylation sites (tertiary alicyclic amines) is 2. The Hall–Kier alpha value is -4.89. The van der Waals surface area contributed by atoms with Crippen LogP contribution in [0.15, 0.2) is 49.6 Å². The van der Waals surface area contributed by atoms with E-state index < -0.39 is 28.8 Å². The molecule has 69 heavy (non-hydrogen) atoms. The summed E-state index contributed by atoms with van der Waals surface area (Å²) >= 11 is 0. The molecule has 2 N–H and O–H groups in total. The Morgan fingerprint density at radius 2 is 1.13 bits per heavy atom. The van der Waals surface area contributed by atoms with E-state index in [-0.39, 0.29) is 76.5 Å². The van der Waals surface area contributed by atoms with Gasteiger partial charge < -0.3 is 42.5 Å². The number of amides is 4. The molecule has 16 nitrogen and oxygen atoms in total. The Bertz CT molecular complexity index is 1960. The number of benzene rings is 2. The maximum Gasteiger partial charge on any atom is 0.412 e. The van der Waals surface area contributed by atoms with Gasteiger partial charge in [-0.25, -0.2) is 9.59 Å². The van der Waals surface area contributed by atoms with Gasteiger partial charge in [0, 0.05) is 24.8 Å². The highest BCUT2D eigenvalue weighted by Crippen LogP contribution is 2.40. The quantitative estimate of drug-likeness (QED) is 0.0336. The number of aryl methyl sites for hydroxylation is 1. The lowest BCUT2D eigenvalue weighted by Crippen LogP contribution is -2.46. The van der Waals surface area contributed by atoms with Crippen LogP contribution >= 0.6 is 0 Å². The molecule has 2 saturated heterocycles. The van der Waals surface area contributed by atoms with E-state index in [0.717, 1.165) is 31.2 Å². The van der Waals surface area contributed by atoms with E-state index >= 15 is 0 Å². The third-order valence-corrected chi connectivity index (χ3v) is 22.8. The minimum absolute atomic E-state index is 0.0214. The summed E-state index contributed by atoms with van der Waals surface area (Å²) in [4.78, 5) is 69.2. The van der Waals surface area contributed by atoms with Crippen molar-refractivity contribution in [3.05, 3.63) is 66.3 Å². The molecule has 0 radical (unpaired) electrons. The lowest BCUT2D eigenvalue weighted by atomic mass is 10.0. The summed E-state index contributed by atoms with van der Waals surface area (Å²) in [6, 6.07) is 6.32. The van der Waals surface area contributed by atoms with E-state index in [1.54, 1.807) is 12.1 Å². The zero-order valence-corrected chi connectivity index (χ0v) is 45.4. The second-order valence-electron chi connectivity index (χ2n) is 20.7. The summed E-state index contributed by atoms with van der Waals surface area (Å²) in [6.45, 7) is 31.4. The van der Waals surface area contributed by atoms with E-state index in [2.05, 4.69) is 91.5 Å². The van der Waals surface area contributed by atoms with Crippen molar-refractivity contribution in [1.82, 2.24) is 9.80 Å². The standard InChI is InChI=1S/C51H80N4O12Si2/c1-15-27-62-48(58)52-41-31-39(46(56)54-25-20-23-37(54)34-65-68(11,12)50(3,4)5)43(60-9)30-36(41)22-18-17-19-29-64-67-45-33-44(61-10)40(32-42(45)53-49(59)63-28-16-2)47(57)55-26-21-24-38(55)35-66-69(13,14)51(6,7)8/h15-16,30-33,37-38H,1-2,17-29,34-35H2,3-14H3,(H,52,58)(H,53,59)/t37-,38-/m0/s1. The van der Waals surface area contributed by atoms with Crippen LogP contribution in [-0.2, 0) is 29.6 Å². The lowest BCUT2D eigenvalue weighted by Gasteiger charge is -2.38. The largest absolute Gasteiger partial charge is 0.496 e. The number of rotatable bonds is 24. The number of carbonyl (C=O) groups is 4. The number of unbranched alkanes of at least 4 members (excludes halogenated alkanes) is 2. The first-order chi connectivity index (χ1) is 32.5. The van der Waals surface area contributed by atoms with Gasteiger partial charge in [-0.2, -0.15) is 4.89 Å². The number of carbonyl (C=O) groups excluding carboxylic acids is 4. The van der Waals surface area contributed by atoms with E-state index in [1.165, 1.54) is 38.5 Å². The molecule has 2 atom stereocenters. The number of methoxy groups -OCH3 is 2. The monoisotopic (exact) mass is 997 g/mol. The summed E-state index contributed by atoms with van der Waals surface area (Å²) in [5.74, 6) is 0.327. The molecule has 2 heterocycles. The smallest absolute Gasteiger partial charge is 0.412 e. The molecule has 2 aliphatic heterocycles. The highest BCUT2D eigenvalue weighted by atomic mass is 28.4. The van der Waals surface area contributed by atoms with Crippen molar-refractivity contribution in [2.24, 2.45) is 0 Å². The average molecular weight is 997 g/mol. The molecule has 0 unspecified atom stereocenters. The van der Waals surface area contributed by atoms with E-state index in [0.29, 0.717) is 69.0 Å². The third kappa shape index (κ3) is 15.6. The molecule has 384 valence electrons. The van der Waals surface area contributed by atoms with E-state index in [4.69, 9.17) is 37.6 Å². The van der Waals surface area contributed by atoms with Crippen LogP contribution in [0.2, 0.25) is 36.3 Å². The van der Waals surface area contributed by atoms with E-state index in [1.807, 2.05) is 9.80 Å². The fourth-order valence-electron chi connectivity index (χ4n) is 7.57. The first-order valence-corrected chi connectivity index (χ1v) is 30.0. The molecule has 4 rings (SSSR count). The van der Waals surface area contributed by atoms with Gasteiger partial charge in [0.25, 0.3) is 11.8 Å². The van der Waals surface area contributed by atoms with Crippen LogP contribution in [0.3, 0.4) is 0 Å². The first-order valence-electron chi connectivity index (χ1n) is 24.2. The third-order valence-electron chi connectivity index (χ3n) is 13.8. The number of anilines is 2. The minimum Gasteiger partial charge on any atom is -0.496 e. The van der Waals surface area contributed by atoms with Gasteiger partial charge in [0.15, 0.2) is 22.4 Å². The lowest BCUT2D eigenvalue weighted by molar-refractivity contribution is -0.206. The summed E-state index contributed by atoms with van der Waals surface area (Å²) in [6.07, 6.45) is 7.33. The summed E-state index contributed by atoms with van der Waals surface area (Å²) < 4.78 is 35.0. The van der Waals surface area contributed by atoms with Crippen molar-refractivity contribution in [1.29, 1.82) is 0 Å². The Balaban J connectivity index is 1.45. The molecule has 0 saturated carbocycles. The van der Waals surface area contributed by atoms with Gasteiger partial charge in [-0.05, 0) is 105 Å². The van der Waals surface area contributed by atoms with Crippen LogP contribution in [0.25, 0.3) is 0 Å². The Kier molecular flexibility index (Phi) is 20.8. The second kappa shape index (κ2) is 25.3. The van der Waals surface area contributed by atoms with Crippen LogP contribution in [0, 0.1) is 0 Å². The number of hydrogen-bond donors (Lipinski definition) is 2.